The lowest BCUT2D eigenvalue weighted by Crippen LogP contribution is -2.48. The highest BCUT2D eigenvalue weighted by atomic mass is 35.5. The van der Waals surface area contributed by atoms with Crippen molar-refractivity contribution >= 4 is 23.5 Å². The third-order valence-electron chi connectivity index (χ3n) is 3.90. The molecule has 0 saturated carbocycles. The van der Waals surface area contributed by atoms with Gasteiger partial charge in [-0.2, -0.15) is 0 Å². The number of hydrogen-bond acceptors (Lipinski definition) is 4. The first-order chi connectivity index (χ1) is 12.0. The number of benzene rings is 2. The summed E-state index contributed by atoms with van der Waals surface area (Å²) in [5, 5.41) is 0.519. The predicted molar refractivity (Wildman–Crippen MR) is 96.5 cm³/mol. The molecule has 2 rings (SSSR count). The third kappa shape index (κ3) is 4.20. The van der Waals surface area contributed by atoms with Gasteiger partial charge in [0.05, 0.1) is 13.2 Å². The number of carbonyl (C=O) groups is 2. The summed E-state index contributed by atoms with van der Waals surface area (Å²) in [4.78, 5) is 25.8. The number of carbonyl (C=O) groups excluding carboxylic acids is 2. The lowest BCUT2D eigenvalue weighted by molar-refractivity contribution is -0.164. The maximum absolute atomic E-state index is 12.9. The molecule has 0 bridgehead atoms. The van der Waals surface area contributed by atoms with Crippen molar-refractivity contribution in [3.63, 3.8) is 0 Å². The summed E-state index contributed by atoms with van der Waals surface area (Å²) in [6, 6.07) is 16.0. The van der Waals surface area contributed by atoms with Crippen LogP contribution in [-0.4, -0.2) is 25.2 Å². The second-order valence-corrected chi connectivity index (χ2v) is 5.95. The molecule has 0 amide bonds. The monoisotopic (exact) mass is 360 g/mol. The molecule has 0 aliphatic carbocycles. The summed E-state index contributed by atoms with van der Waals surface area (Å²) in [7, 11) is 0. The predicted octanol–water partition coefficient (Wildman–Crippen LogP) is 3.95. The number of ether oxygens (including phenoxy) is 2. The second-order valence-electron chi connectivity index (χ2n) is 5.52. The van der Waals surface area contributed by atoms with Crippen LogP contribution < -0.4 is 0 Å². The minimum absolute atomic E-state index is 0.146. The Morgan fingerprint density at radius 3 is 1.88 bits per heavy atom. The van der Waals surface area contributed by atoms with Crippen molar-refractivity contribution in [3.8, 4) is 0 Å². The molecule has 4 nitrogen and oxygen atoms in total. The van der Waals surface area contributed by atoms with E-state index in [0.717, 1.165) is 5.56 Å². The number of rotatable bonds is 7. The van der Waals surface area contributed by atoms with Gasteiger partial charge in [-0.25, -0.2) is 0 Å². The highest BCUT2D eigenvalue weighted by Crippen LogP contribution is 2.33. The highest BCUT2D eigenvalue weighted by molar-refractivity contribution is 6.30. The standard InChI is InChI=1S/C20H21ClO4/c1-3-24-18(22)20(19(23)25-4-2,14-15-8-6-5-7-9-15)16-10-12-17(21)13-11-16/h5-13H,3-4,14H2,1-2H3. The van der Waals surface area contributed by atoms with E-state index in [-0.39, 0.29) is 19.6 Å². The normalized spacial score (nSPS) is 11.0. The first kappa shape index (κ1) is 19.0. The van der Waals surface area contributed by atoms with Crippen molar-refractivity contribution in [1.82, 2.24) is 0 Å². The number of halogens is 1. The van der Waals surface area contributed by atoms with Gasteiger partial charge in [0.25, 0.3) is 0 Å². The van der Waals surface area contributed by atoms with Crippen LogP contribution >= 0.6 is 11.6 Å². The lowest BCUT2D eigenvalue weighted by atomic mass is 9.75. The average molecular weight is 361 g/mol. The molecule has 0 atom stereocenters. The van der Waals surface area contributed by atoms with Gasteiger partial charge in [-0.15, -0.1) is 0 Å². The maximum atomic E-state index is 12.9. The lowest BCUT2D eigenvalue weighted by Gasteiger charge is -2.30. The topological polar surface area (TPSA) is 52.6 Å². The van der Waals surface area contributed by atoms with Gasteiger partial charge in [0.15, 0.2) is 5.41 Å². The first-order valence-electron chi connectivity index (χ1n) is 8.19. The maximum Gasteiger partial charge on any atom is 0.328 e. The molecule has 2 aromatic rings. The largest absolute Gasteiger partial charge is 0.465 e. The van der Waals surface area contributed by atoms with Crippen LogP contribution in [0.1, 0.15) is 25.0 Å². The molecule has 5 heteroatoms. The van der Waals surface area contributed by atoms with Crippen LogP contribution in [-0.2, 0) is 30.9 Å². The molecule has 0 aliphatic rings. The van der Waals surface area contributed by atoms with Crippen molar-refractivity contribution in [3.05, 3.63) is 70.7 Å². The van der Waals surface area contributed by atoms with E-state index < -0.39 is 17.4 Å². The number of esters is 2. The van der Waals surface area contributed by atoms with Crippen molar-refractivity contribution in [2.24, 2.45) is 0 Å². The first-order valence-corrected chi connectivity index (χ1v) is 8.56. The Bertz CT molecular complexity index is 692. The molecule has 0 aliphatic heterocycles. The minimum Gasteiger partial charge on any atom is -0.465 e. The summed E-state index contributed by atoms with van der Waals surface area (Å²) in [5.74, 6) is -1.25. The van der Waals surface area contributed by atoms with E-state index in [1.165, 1.54) is 0 Å². The van der Waals surface area contributed by atoms with E-state index in [1.807, 2.05) is 30.3 Å². The van der Waals surface area contributed by atoms with Crippen molar-refractivity contribution in [1.29, 1.82) is 0 Å². The van der Waals surface area contributed by atoms with Crippen LogP contribution in [0.5, 0.6) is 0 Å². The Hall–Kier alpha value is -2.33. The van der Waals surface area contributed by atoms with Crippen LogP contribution in [0.3, 0.4) is 0 Å². The molecule has 25 heavy (non-hydrogen) atoms. The van der Waals surface area contributed by atoms with Gasteiger partial charge < -0.3 is 9.47 Å². The fourth-order valence-corrected chi connectivity index (χ4v) is 2.84. The van der Waals surface area contributed by atoms with Crippen molar-refractivity contribution < 1.29 is 19.1 Å². The quantitative estimate of drug-likeness (QED) is 0.554. The molecule has 0 unspecified atom stereocenters. The molecule has 0 saturated heterocycles. The van der Waals surface area contributed by atoms with Crippen LogP contribution in [0.4, 0.5) is 0 Å². The molecule has 0 radical (unpaired) electrons. The summed E-state index contributed by atoms with van der Waals surface area (Å²) in [6.07, 6.45) is 0.146. The molecule has 0 heterocycles. The Morgan fingerprint density at radius 1 is 0.880 bits per heavy atom. The molecular formula is C20H21ClO4. The Morgan fingerprint density at radius 2 is 1.40 bits per heavy atom. The van der Waals surface area contributed by atoms with Crippen LogP contribution in [0, 0.1) is 0 Å². The van der Waals surface area contributed by atoms with Gasteiger partial charge in [0.2, 0.25) is 0 Å². The fraction of sp³-hybridized carbons (Fsp3) is 0.300. The Labute approximate surface area is 152 Å². The van der Waals surface area contributed by atoms with Crippen molar-refractivity contribution in [2.75, 3.05) is 13.2 Å². The van der Waals surface area contributed by atoms with Crippen molar-refractivity contribution in [2.45, 2.75) is 25.7 Å². The zero-order valence-corrected chi connectivity index (χ0v) is 15.1. The van der Waals surface area contributed by atoms with E-state index >= 15 is 0 Å². The number of hydrogen-bond donors (Lipinski definition) is 0. The smallest absolute Gasteiger partial charge is 0.328 e. The van der Waals surface area contributed by atoms with E-state index in [1.54, 1.807) is 38.1 Å². The van der Waals surface area contributed by atoms with E-state index in [2.05, 4.69) is 0 Å². The van der Waals surface area contributed by atoms with Gasteiger partial charge >= 0.3 is 11.9 Å². The van der Waals surface area contributed by atoms with E-state index in [0.29, 0.717) is 10.6 Å². The van der Waals surface area contributed by atoms with Crippen LogP contribution in [0.2, 0.25) is 5.02 Å². The molecule has 0 aromatic heterocycles. The summed E-state index contributed by atoms with van der Waals surface area (Å²) < 4.78 is 10.5. The zero-order valence-electron chi connectivity index (χ0n) is 14.3. The van der Waals surface area contributed by atoms with Crippen LogP contribution in [0.15, 0.2) is 54.6 Å². The summed E-state index contributed by atoms with van der Waals surface area (Å²) in [6.45, 7) is 3.75. The van der Waals surface area contributed by atoms with Gasteiger partial charge in [-0.1, -0.05) is 54.1 Å². The van der Waals surface area contributed by atoms with E-state index in [4.69, 9.17) is 21.1 Å². The molecule has 2 aromatic carbocycles. The molecule has 0 N–H and O–H groups in total. The Balaban J connectivity index is 2.61. The molecule has 0 spiro atoms. The summed E-state index contributed by atoms with van der Waals surface area (Å²) >= 11 is 5.97. The van der Waals surface area contributed by atoms with Gasteiger partial charge in [0, 0.05) is 11.4 Å². The highest BCUT2D eigenvalue weighted by Gasteiger charge is 2.50. The average Bonchev–Trinajstić information content (AvgIpc) is 2.61. The van der Waals surface area contributed by atoms with Crippen LogP contribution in [0.25, 0.3) is 0 Å². The van der Waals surface area contributed by atoms with E-state index in [9.17, 15) is 9.59 Å². The fourth-order valence-electron chi connectivity index (χ4n) is 2.71. The van der Waals surface area contributed by atoms with Gasteiger partial charge in [-0.3, -0.25) is 9.59 Å². The van der Waals surface area contributed by atoms with Gasteiger partial charge in [-0.05, 0) is 37.1 Å². The third-order valence-corrected chi connectivity index (χ3v) is 4.15. The molecular weight excluding hydrogens is 340 g/mol. The molecule has 132 valence electrons. The SMILES string of the molecule is CCOC(=O)C(Cc1ccccc1)(C(=O)OCC)c1ccc(Cl)cc1. The summed E-state index contributed by atoms with van der Waals surface area (Å²) in [5.41, 5.74) is -0.242. The Kier molecular flexibility index (Phi) is 6.59. The second kappa shape index (κ2) is 8.67. The zero-order chi connectivity index (χ0) is 18.3. The van der Waals surface area contributed by atoms with Gasteiger partial charge in [0.1, 0.15) is 0 Å². The minimum atomic E-state index is -1.57. The molecule has 0 fully saturated rings.